The van der Waals surface area contributed by atoms with E-state index in [1.807, 2.05) is 19.2 Å². The first-order valence-electron chi connectivity index (χ1n) is 11.2. The quantitative estimate of drug-likeness (QED) is 0.395. The van der Waals surface area contributed by atoms with Gasteiger partial charge in [-0.2, -0.15) is 5.26 Å². The molecule has 0 amide bonds. The third-order valence-electron chi connectivity index (χ3n) is 6.50. The molecule has 158 valence electrons. The first kappa shape index (κ1) is 20.2. The maximum Gasteiger partial charge on any atom is 0.160 e. The van der Waals surface area contributed by atoms with Crippen molar-refractivity contribution in [2.45, 2.75) is 46.6 Å². The van der Waals surface area contributed by atoms with E-state index in [1.165, 1.54) is 27.8 Å². The highest BCUT2D eigenvalue weighted by molar-refractivity contribution is 5.87. The summed E-state index contributed by atoms with van der Waals surface area (Å²) >= 11 is 0. The summed E-state index contributed by atoms with van der Waals surface area (Å²) in [4.78, 5) is 9.50. The van der Waals surface area contributed by atoms with Crippen molar-refractivity contribution < 1.29 is 0 Å². The Hall–Kier alpha value is -3.71. The summed E-state index contributed by atoms with van der Waals surface area (Å²) in [6.07, 6.45) is 4.67. The number of aromatic nitrogens is 3. The number of fused-ring (bicyclic) bond motifs is 3. The lowest BCUT2D eigenvalue weighted by atomic mass is 9.90. The van der Waals surface area contributed by atoms with Crippen LogP contribution in [0.1, 0.15) is 53.1 Å². The molecule has 32 heavy (non-hydrogen) atoms. The van der Waals surface area contributed by atoms with E-state index in [-0.39, 0.29) is 0 Å². The maximum absolute atomic E-state index is 9.71. The SMILES string of the molecule is CCc1nc2c(C)ccnc2n1Cc1ccc2c(c1)CCc1ccccc1C2=C(C)C#N. The maximum atomic E-state index is 9.71. The number of benzene rings is 2. The van der Waals surface area contributed by atoms with Crippen LogP contribution in [0, 0.1) is 18.3 Å². The standard InChI is InChI=1S/C28H26N4/c1-4-25-31-27-18(2)13-14-30-28(27)32(25)17-20-9-12-24-22(15-20)11-10-21-7-5-6-8-23(21)26(24)19(3)16-29/h5-9,12-15H,4,10-11,17H2,1-3H3. The minimum Gasteiger partial charge on any atom is -0.308 e. The molecule has 0 fully saturated rings. The molecule has 2 aromatic carbocycles. The van der Waals surface area contributed by atoms with Gasteiger partial charge in [-0.3, -0.25) is 0 Å². The third kappa shape index (κ3) is 3.31. The molecule has 1 aliphatic rings. The lowest BCUT2D eigenvalue weighted by molar-refractivity contribution is 0.745. The minimum atomic E-state index is 0.743. The largest absolute Gasteiger partial charge is 0.308 e. The van der Waals surface area contributed by atoms with Gasteiger partial charge in [0.1, 0.15) is 11.3 Å². The van der Waals surface area contributed by atoms with Crippen LogP contribution in [0.3, 0.4) is 0 Å². The molecular weight excluding hydrogens is 392 g/mol. The van der Waals surface area contributed by atoms with Gasteiger partial charge in [0.2, 0.25) is 0 Å². The van der Waals surface area contributed by atoms with E-state index >= 15 is 0 Å². The Morgan fingerprint density at radius 1 is 1.06 bits per heavy atom. The van der Waals surface area contributed by atoms with Gasteiger partial charge in [0.15, 0.2) is 5.65 Å². The molecule has 0 N–H and O–H groups in total. The van der Waals surface area contributed by atoms with Crippen LogP contribution >= 0.6 is 0 Å². The molecule has 0 aliphatic heterocycles. The zero-order chi connectivity index (χ0) is 22.2. The van der Waals surface area contributed by atoms with Gasteiger partial charge in [-0.05, 0) is 66.1 Å². The smallest absolute Gasteiger partial charge is 0.160 e. The van der Waals surface area contributed by atoms with Gasteiger partial charge in [-0.15, -0.1) is 0 Å². The Morgan fingerprint density at radius 2 is 1.84 bits per heavy atom. The van der Waals surface area contributed by atoms with E-state index < -0.39 is 0 Å². The van der Waals surface area contributed by atoms with Gasteiger partial charge >= 0.3 is 0 Å². The molecule has 0 radical (unpaired) electrons. The first-order chi connectivity index (χ1) is 15.6. The fourth-order valence-electron chi connectivity index (χ4n) is 4.85. The molecule has 2 heterocycles. The topological polar surface area (TPSA) is 54.5 Å². The molecule has 0 atom stereocenters. The number of allylic oxidation sites excluding steroid dienone is 1. The van der Waals surface area contributed by atoms with E-state index in [4.69, 9.17) is 4.98 Å². The van der Waals surface area contributed by atoms with Gasteiger partial charge in [-0.1, -0.05) is 49.4 Å². The molecule has 0 saturated carbocycles. The zero-order valence-electron chi connectivity index (χ0n) is 18.8. The van der Waals surface area contributed by atoms with Crippen LogP contribution in [0.5, 0.6) is 0 Å². The van der Waals surface area contributed by atoms with Crippen molar-refractivity contribution in [2.24, 2.45) is 0 Å². The van der Waals surface area contributed by atoms with Crippen LogP contribution < -0.4 is 0 Å². The number of hydrogen-bond donors (Lipinski definition) is 0. The van der Waals surface area contributed by atoms with Crippen LogP contribution in [-0.2, 0) is 25.8 Å². The van der Waals surface area contributed by atoms with Crippen molar-refractivity contribution in [3.8, 4) is 6.07 Å². The second-order valence-electron chi connectivity index (χ2n) is 8.53. The predicted octanol–water partition coefficient (Wildman–Crippen LogP) is 5.79. The summed E-state index contributed by atoms with van der Waals surface area (Å²) in [6, 6.07) is 19.6. The zero-order valence-corrected chi connectivity index (χ0v) is 18.8. The molecule has 0 bridgehead atoms. The van der Waals surface area contributed by atoms with Crippen molar-refractivity contribution >= 4 is 16.7 Å². The highest BCUT2D eigenvalue weighted by Gasteiger charge is 2.21. The number of pyridine rings is 1. The Balaban J connectivity index is 1.61. The normalized spacial score (nSPS) is 14.4. The van der Waals surface area contributed by atoms with E-state index in [0.717, 1.165) is 59.5 Å². The second-order valence-corrected chi connectivity index (χ2v) is 8.53. The highest BCUT2D eigenvalue weighted by Crippen LogP contribution is 2.36. The monoisotopic (exact) mass is 418 g/mol. The molecule has 0 unspecified atom stereocenters. The van der Waals surface area contributed by atoms with Crippen molar-refractivity contribution in [1.82, 2.24) is 14.5 Å². The fraction of sp³-hybridized carbons (Fsp3) is 0.250. The number of imidazole rings is 1. The number of nitriles is 1. The van der Waals surface area contributed by atoms with Crippen LogP contribution in [0.25, 0.3) is 16.7 Å². The van der Waals surface area contributed by atoms with Gasteiger partial charge in [-0.25, -0.2) is 9.97 Å². The van der Waals surface area contributed by atoms with E-state index in [9.17, 15) is 5.26 Å². The fourth-order valence-corrected chi connectivity index (χ4v) is 4.85. The molecule has 4 aromatic rings. The Kier molecular flexibility index (Phi) is 5.11. The summed E-state index contributed by atoms with van der Waals surface area (Å²) in [6.45, 7) is 6.90. The highest BCUT2D eigenvalue weighted by atomic mass is 15.1. The summed E-state index contributed by atoms with van der Waals surface area (Å²) in [5, 5.41) is 9.71. The number of hydrogen-bond acceptors (Lipinski definition) is 3. The van der Waals surface area contributed by atoms with Gasteiger partial charge in [0, 0.05) is 23.8 Å². The summed E-state index contributed by atoms with van der Waals surface area (Å²) in [5.74, 6) is 1.06. The van der Waals surface area contributed by atoms with E-state index in [0.29, 0.717) is 0 Å². The molecule has 0 saturated heterocycles. The average Bonchev–Trinajstić information content (AvgIpc) is 3.09. The third-order valence-corrected chi connectivity index (χ3v) is 6.50. The van der Waals surface area contributed by atoms with Crippen LogP contribution in [0.4, 0.5) is 0 Å². The van der Waals surface area contributed by atoms with Gasteiger partial charge in [0.25, 0.3) is 0 Å². The molecule has 5 rings (SSSR count). The van der Waals surface area contributed by atoms with Crippen LogP contribution in [0.2, 0.25) is 0 Å². The van der Waals surface area contributed by atoms with Gasteiger partial charge < -0.3 is 4.57 Å². The van der Waals surface area contributed by atoms with Crippen molar-refractivity contribution in [3.05, 3.63) is 99.5 Å². The van der Waals surface area contributed by atoms with E-state index in [1.54, 1.807) is 0 Å². The number of nitrogens with zero attached hydrogens (tertiary/aromatic N) is 4. The molecule has 4 heteroatoms. The summed E-state index contributed by atoms with van der Waals surface area (Å²) < 4.78 is 2.24. The number of rotatable bonds is 3. The van der Waals surface area contributed by atoms with Crippen molar-refractivity contribution in [2.75, 3.05) is 0 Å². The predicted molar refractivity (Wildman–Crippen MR) is 128 cm³/mol. The minimum absolute atomic E-state index is 0.743. The number of aryl methyl sites for hydroxylation is 4. The van der Waals surface area contributed by atoms with Gasteiger partial charge in [0.05, 0.1) is 12.6 Å². The molecule has 2 aromatic heterocycles. The second kappa shape index (κ2) is 8.09. The Morgan fingerprint density at radius 3 is 2.66 bits per heavy atom. The molecule has 0 spiro atoms. The average molecular weight is 419 g/mol. The molecular formula is C28H26N4. The van der Waals surface area contributed by atoms with Crippen LogP contribution in [0.15, 0.2) is 60.3 Å². The first-order valence-corrected chi connectivity index (χ1v) is 11.2. The lowest BCUT2D eigenvalue weighted by Crippen LogP contribution is -2.06. The van der Waals surface area contributed by atoms with Crippen molar-refractivity contribution in [1.29, 1.82) is 5.26 Å². The molecule has 4 nitrogen and oxygen atoms in total. The van der Waals surface area contributed by atoms with E-state index in [2.05, 4.69) is 71.9 Å². The van der Waals surface area contributed by atoms with Crippen LogP contribution in [-0.4, -0.2) is 14.5 Å². The lowest BCUT2D eigenvalue weighted by Gasteiger charge is -2.15. The Bertz CT molecular complexity index is 1420. The summed E-state index contributed by atoms with van der Waals surface area (Å²) in [7, 11) is 0. The van der Waals surface area contributed by atoms with Crippen molar-refractivity contribution in [3.63, 3.8) is 0 Å². The summed E-state index contributed by atoms with van der Waals surface area (Å²) in [5.41, 5.74) is 11.1. The molecule has 1 aliphatic carbocycles. The Labute approximate surface area is 188 Å².